The Balaban J connectivity index is 2.71. The van der Waals surface area contributed by atoms with Gasteiger partial charge in [0, 0.05) is 27.3 Å². The Labute approximate surface area is 173 Å². The van der Waals surface area contributed by atoms with Crippen LogP contribution in [0.15, 0.2) is 41.3 Å². The second kappa shape index (κ2) is 10.3. The highest BCUT2D eigenvalue weighted by Crippen LogP contribution is 2.39. The van der Waals surface area contributed by atoms with E-state index in [4.69, 9.17) is 19.3 Å². The number of carboxylic acid groups (broad SMARTS) is 1. The number of methoxy groups -OCH3 is 2. The van der Waals surface area contributed by atoms with Crippen molar-refractivity contribution >= 4 is 21.7 Å². The van der Waals surface area contributed by atoms with Gasteiger partial charge in [0.2, 0.25) is 10.0 Å². The molecule has 0 aliphatic heterocycles. The number of rotatable bonds is 11. The van der Waals surface area contributed by atoms with Crippen LogP contribution in [0.2, 0.25) is 0 Å². The Hall–Kier alpha value is -2.73. The normalized spacial score (nSPS) is 11.3. The summed E-state index contributed by atoms with van der Waals surface area (Å²) >= 11 is 0. The van der Waals surface area contributed by atoms with Crippen LogP contribution in [-0.4, -0.2) is 60.0 Å². The lowest BCUT2D eigenvalue weighted by Gasteiger charge is -2.27. The zero-order valence-corrected chi connectivity index (χ0v) is 17.3. The number of sulfonamides is 1. The zero-order valence-electron chi connectivity index (χ0n) is 16.5. The molecule has 30 heavy (non-hydrogen) atoms. The van der Waals surface area contributed by atoms with Crippen molar-refractivity contribution in [1.82, 2.24) is 0 Å². The molecule has 11 heteroatoms. The van der Waals surface area contributed by atoms with E-state index in [0.29, 0.717) is 0 Å². The monoisotopic (exact) mass is 442 g/mol. The molecule has 0 bridgehead atoms. The minimum absolute atomic E-state index is 0.143. The van der Waals surface area contributed by atoms with Gasteiger partial charge in [-0.15, -0.1) is 0 Å². The van der Waals surface area contributed by atoms with Gasteiger partial charge in [-0.3, -0.25) is 0 Å². The Kier molecular flexibility index (Phi) is 8.12. The quantitative estimate of drug-likeness (QED) is 0.541. The van der Waals surface area contributed by atoms with Crippen LogP contribution in [-0.2, 0) is 19.5 Å². The van der Waals surface area contributed by atoms with Crippen molar-refractivity contribution in [2.45, 2.75) is 4.90 Å². The minimum Gasteiger partial charge on any atom is -0.478 e. The average molecular weight is 442 g/mol. The highest BCUT2D eigenvalue weighted by atomic mass is 32.2. The van der Waals surface area contributed by atoms with Crippen LogP contribution in [0, 0.1) is 5.82 Å². The number of benzene rings is 2. The summed E-state index contributed by atoms with van der Waals surface area (Å²) in [5, 5.41) is 14.8. The van der Waals surface area contributed by atoms with Gasteiger partial charge in [-0.2, -0.15) is 0 Å². The molecule has 0 saturated heterocycles. The minimum atomic E-state index is -4.37. The number of hydrogen-bond donors (Lipinski definition) is 2. The number of nitrogens with zero attached hydrogens (tertiary/aromatic N) is 1. The highest BCUT2D eigenvalue weighted by molar-refractivity contribution is 7.89. The molecule has 9 nitrogen and oxygen atoms in total. The molecule has 0 heterocycles. The molecule has 0 aromatic heterocycles. The van der Waals surface area contributed by atoms with E-state index < -0.39 is 26.7 Å². The van der Waals surface area contributed by atoms with E-state index in [2.05, 4.69) is 0 Å². The SMILES string of the molecule is COCCN(CCOC)c1cc(C(=O)O)cc(S(N)(=O)=O)c1Oc1ccc(F)cc1. The number of hydrogen-bond acceptors (Lipinski definition) is 7. The van der Waals surface area contributed by atoms with E-state index in [-0.39, 0.29) is 49.1 Å². The van der Waals surface area contributed by atoms with E-state index >= 15 is 0 Å². The number of aromatic carboxylic acids is 1. The second-order valence-electron chi connectivity index (χ2n) is 6.20. The molecule has 0 aliphatic rings. The number of halogens is 1. The Morgan fingerprint density at radius 1 is 1.10 bits per heavy atom. The number of nitrogens with two attached hydrogens (primary N) is 1. The smallest absolute Gasteiger partial charge is 0.335 e. The molecule has 0 aliphatic carbocycles. The van der Waals surface area contributed by atoms with Gasteiger partial charge in [0.05, 0.1) is 24.5 Å². The fourth-order valence-corrected chi connectivity index (χ4v) is 3.33. The first-order valence-electron chi connectivity index (χ1n) is 8.77. The Bertz CT molecular complexity index is 973. The Morgan fingerprint density at radius 3 is 2.13 bits per heavy atom. The summed E-state index contributed by atoms with van der Waals surface area (Å²) in [5.41, 5.74) is -0.127. The maximum absolute atomic E-state index is 13.2. The molecule has 164 valence electrons. The maximum atomic E-state index is 13.2. The molecule has 0 amide bonds. The van der Waals surface area contributed by atoms with Crippen molar-refractivity contribution in [2.24, 2.45) is 5.14 Å². The first-order chi connectivity index (χ1) is 14.2. The third kappa shape index (κ3) is 6.13. The standard InChI is InChI=1S/C19H23FN2O7S/c1-27-9-7-22(8-10-28-2)16-11-13(19(23)24)12-17(30(21,25)26)18(16)29-15-5-3-14(20)4-6-15/h3-6,11-12H,7-10H2,1-2H3,(H,23,24)(H2,21,25,26). The van der Waals surface area contributed by atoms with Gasteiger partial charge < -0.3 is 24.2 Å². The number of primary sulfonamides is 1. The van der Waals surface area contributed by atoms with Gasteiger partial charge in [0.1, 0.15) is 16.5 Å². The van der Waals surface area contributed by atoms with Crippen molar-refractivity contribution in [1.29, 1.82) is 0 Å². The molecule has 2 aromatic rings. The lowest BCUT2D eigenvalue weighted by molar-refractivity contribution is 0.0696. The summed E-state index contributed by atoms with van der Waals surface area (Å²) in [6, 6.07) is 7.11. The molecule has 2 rings (SSSR count). The lowest BCUT2D eigenvalue weighted by Crippen LogP contribution is -2.31. The van der Waals surface area contributed by atoms with E-state index in [9.17, 15) is 22.7 Å². The van der Waals surface area contributed by atoms with Crippen molar-refractivity contribution in [2.75, 3.05) is 45.4 Å². The summed E-state index contributed by atoms with van der Waals surface area (Å²) < 4.78 is 53.7. The fraction of sp³-hybridized carbons (Fsp3) is 0.316. The van der Waals surface area contributed by atoms with Gasteiger partial charge >= 0.3 is 5.97 Å². The first kappa shape index (κ1) is 23.5. The van der Waals surface area contributed by atoms with Crippen molar-refractivity contribution in [3.05, 3.63) is 47.8 Å². The molecule has 2 aromatic carbocycles. The lowest BCUT2D eigenvalue weighted by atomic mass is 10.1. The first-order valence-corrected chi connectivity index (χ1v) is 10.3. The molecule has 3 N–H and O–H groups in total. The topological polar surface area (TPSA) is 128 Å². The van der Waals surface area contributed by atoms with Crippen LogP contribution in [0.5, 0.6) is 11.5 Å². The molecule has 0 atom stereocenters. The summed E-state index contributed by atoms with van der Waals surface area (Å²) in [4.78, 5) is 12.8. The number of carbonyl (C=O) groups is 1. The summed E-state index contributed by atoms with van der Waals surface area (Å²) in [6.45, 7) is 1.10. The van der Waals surface area contributed by atoms with Crippen LogP contribution in [0.3, 0.4) is 0 Å². The predicted octanol–water partition coefficient (Wildman–Crippen LogP) is 2.06. The largest absolute Gasteiger partial charge is 0.478 e. The van der Waals surface area contributed by atoms with Crippen LogP contribution < -0.4 is 14.8 Å². The molecule has 0 radical (unpaired) electrons. The van der Waals surface area contributed by atoms with Crippen molar-refractivity contribution in [3.8, 4) is 11.5 Å². The third-order valence-corrected chi connectivity index (χ3v) is 5.01. The van der Waals surface area contributed by atoms with Gasteiger partial charge in [-0.25, -0.2) is 22.7 Å². The maximum Gasteiger partial charge on any atom is 0.335 e. The Morgan fingerprint density at radius 2 is 1.67 bits per heavy atom. The van der Waals surface area contributed by atoms with Gasteiger partial charge in [-0.1, -0.05) is 0 Å². The molecule has 0 unspecified atom stereocenters. The summed E-state index contributed by atoms with van der Waals surface area (Å²) in [5.74, 6) is -1.88. The van der Waals surface area contributed by atoms with Crippen LogP contribution in [0.1, 0.15) is 10.4 Å². The molecule has 0 spiro atoms. The number of carboxylic acids is 1. The van der Waals surface area contributed by atoms with Gasteiger partial charge in [0.25, 0.3) is 0 Å². The molecule has 0 fully saturated rings. The van der Waals surface area contributed by atoms with Crippen molar-refractivity contribution < 1.29 is 36.9 Å². The molecular formula is C19H23FN2O7S. The fourth-order valence-electron chi connectivity index (χ4n) is 2.64. The van der Waals surface area contributed by atoms with Gasteiger partial charge in [-0.05, 0) is 36.4 Å². The number of anilines is 1. The van der Waals surface area contributed by atoms with E-state index in [0.717, 1.165) is 18.2 Å². The van der Waals surface area contributed by atoms with Gasteiger partial charge in [0.15, 0.2) is 5.75 Å². The predicted molar refractivity (Wildman–Crippen MR) is 107 cm³/mol. The van der Waals surface area contributed by atoms with E-state index in [1.807, 2.05) is 0 Å². The molecular weight excluding hydrogens is 419 g/mol. The third-order valence-electron chi connectivity index (χ3n) is 4.09. The summed E-state index contributed by atoms with van der Waals surface area (Å²) in [6.07, 6.45) is 0. The van der Waals surface area contributed by atoms with E-state index in [1.165, 1.54) is 32.4 Å². The second-order valence-corrected chi connectivity index (χ2v) is 7.73. The van der Waals surface area contributed by atoms with Crippen molar-refractivity contribution in [3.63, 3.8) is 0 Å². The highest BCUT2D eigenvalue weighted by Gasteiger charge is 2.26. The van der Waals surface area contributed by atoms with Crippen LogP contribution in [0.4, 0.5) is 10.1 Å². The van der Waals surface area contributed by atoms with E-state index in [1.54, 1.807) is 4.90 Å². The number of ether oxygens (including phenoxy) is 3. The summed E-state index contributed by atoms with van der Waals surface area (Å²) in [7, 11) is -1.38. The molecule has 0 saturated carbocycles. The zero-order chi connectivity index (χ0) is 22.3. The average Bonchev–Trinajstić information content (AvgIpc) is 2.69. The van der Waals surface area contributed by atoms with Crippen LogP contribution in [0.25, 0.3) is 0 Å². The van der Waals surface area contributed by atoms with Crippen LogP contribution >= 0.6 is 0 Å².